The molecule has 2 heterocycles. The predicted molar refractivity (Wildman–Crippen MR) is 111 cm³/mol. The van der Waals surface area contributed by atoms with Gasteiger partial charge in [-0.3, -0.25) is 9.59 Å². The number of rotatable bonds is 4. The van der Waals surface area contributed by atoms with E-state index in [0.29, 0.717) is 34.7 Å². The first-order valence-corrected chi connectivity index (χ1v) is 10.8. The number of carbonyl (C=O) groups excluding carboxylic acids is 2. The van der Waals surface area contributed by atoms with Crippen LogP contribution in [0, 0.1) is 17.8 Å². The van der Waals surface area contributed by atoms with Crippen LogP contribution < -0.4 is 5.32 Å². The molecule has 1 aliphatic heterocycles. The zero-order valence-electron chi connectivity index (χ0n) is 15.0. The Morgan fingerprint density at radius 2 is 2.18 bits per heavy atom. The van der Waals surface area contributed by atoms with Crippen molar-refractivity contribution >= 4 is 51.5 Å². The number of halogens is 2. The Bertz CT molecular complexity index is 916. The van der Waals surface area contributed by atoms with Gasteiger partial charge in [0.25, 0.3) is 0 Å². The number of hydrogen-bond acceptors (Lipinski definition) is 4. The van der Waals surface area contributed by atoms with Gasteiger partial charge in [0.1, 0.15) is 0 Å². The smallest absolute Gasteiger partial charge is 0.230 e. The van der Waals surface area contributed by atoms with Crippen molar-refractivity contribution in [2.45, 2.75) is 19.4 Å². The Balaban J connectivity index is 1.51. The molecule has 1 aliphatic carbocycles. The third-order valence-corrected chi connectivity index (χ3v) is 6.78. The van der Waals surface area contributed by atoms with E-state index < -0.39 is 0 Å². The van der Waals surface area contributed by atoms with E-state index in [0.717, 1.165) is 12.0 Å². The first-order valence-electron chi connectivity index (χ1n) is 9.12. The maximum absolute atomic E-state index is 13.3. The van der Waals surface area contributed by atoms with E-state index >= 15 is 0 Å². The molecule has 28 heavy (non-hydrogen) atoms. The van der Waals surface area contributed by atoms with Crippen molar-refractivity contribution < 1.29 is 9.59 Å². The van der Waals surface area contributed by atoms with E-state index in [-0.39, 0.29) is 29.6 Å². The van der Waals surface area contributed by atoms with Crippen molar-refractivity contribution in [3.8, 4) is 0 Å². The van der Waals surface area contributed by atoms with E-state index in [4.69, 9.17) is 23.2 Å². The van der Waals surface area contributed by atoms with Crippen LogP contribution in [-0.2, 0) is 16.1 Å². The fraction of sp³-hybridized carbons (Fsp3) is 0.350. The van der Waals surface area contributed by atoms with Crippen LogP contribution in [0.4, 0.5) is 5.13 Å². The molecule has 146 valence electrons. The molecule has 3 unspecified atom stereocenters. The van der Waals surface area contributed by atoms with Crippen LogP contribution >= 0.6 is 34.5 Å². The van der Waals surface area contributed by atoms with Crippen LogP contribution in [0.5, 0.6) is 0 Å². The molecule has 5 nitrogen and oxygen atoms in total. The zero-order valence-corrected chi connectivity index (χ0v) is 17.3. The molecule has 0 bridgehead atoms. The number of anilines is 1. The van der Waals surface area contributed by atoms with Gasteiger partial charge in [0.05, 0.1) is 21.9 Å². The molecule has 1 N–H and O–H groups in total. The van der Waals surface area contributed by atoms with Gasteiger partial charge < -0.3 is 10.2 Å². The summed E-state index contributed by atoms with van der Waals surface area (Å²) in [5, 5.41) is 6.19. The molecule has 3 atom stereocenters. The minimum atomic E-state index is -0.386. The molecule has 1 fully saturated rings. The standard InChI is InChI=1S/C20H19Cl2N3O2S/c21-15-5-4-12(10-16(15)22)11-25-8-6-13-2-1-3-14(17(13)19(25)27)18(26)24-20-23-7-9-28-20/h1-2,4-5,7,9-10,13-14,17H,3,6,8,11H2,(H,23,24,26). The summed E-state index contributed by atoms with van der Waals surface area (Å²) < 4.78 is 0. The van der Waals surface area contributed by atoms with Crippen LogP contribution in [0.2, 0.25) is 10.0 Å². The molecule has 8 heteroatoms. The lowest BCUT2D eigenvalue weighted by Gasteiger charge is -2.41. The second kappa shape index (κ2) is 8.23. The number of thiazole rings is 1. The third kappa shape index (κ3) is 3.95. The van der Waals surface area contributed by atoms with Crippen LogP contribution in [0.3, 0.4) is 0 Å². The SMILES string of the molecule is O=C(Nc1nccs1)C1CC=CC2CCN(Cc3ccc(Cl)c(Cl)c3)C(=O)C21. The average molecular weight is 436 g/mol. The zero-order chi connectivity index (χ0) is 19.7. The van der Waals surface area contributed by atoms with Gasteiger partial charge in [-0.15, -0.1) is 11.3 Å². The number of benzene rings is 1. The largest absolute Gasteiger partial charge is 0.338 e. The van der Waals surface area contributed by atoms with Crippen molar-refractivity contribution in [3.05, 3.63) is 57.5 Å². The van der Waals surface area contributed by atoms with Crippen LogP contribution in [0.25, 0.3) is 0 Å². The monoisotopic (exact) mass is 435 g/mol. The lowest BCUT2D eigenvalue weighted by atomic mass is 9.71. The van der Waals surface area contributed by atoms with Gasteiger partial charge in [0, 0.05) is 24.7 Å². The highest BCUT2D eigenvalue weighted by atomic mass is 35.5. The molecule has 0 spiro atoms. The number of nitrogens with one attached hydrogen (secondary N) is 1. The summed E-state index contributed by atoms with van der Waals surface area (Å²) in [5.74, 6) is -0.757. The summed E-state index contributed by atoms with van der Waals surface area (Å²) in [4.78, 5) is 32.0. The molecule has 2 aliphatic rings. The quantitative estimate of drug-likeness (QED) is 0.711. The second-order valence-corrected chi connectivity index (χ2v) is 8.79. The molecule has 0 saturated carbocycles. The molecule has 4 rings (SSSR count). The number of aromatic nitrogens is 1. The van der Waals surface area contributed by atoms with E-state index in [2.05, 4.69) is 16.4 Å². The summed E-state index contributed by atoms with van der Waals surface area (Å²) in [6.45, 7) is 1.12. The summed E-state index contributed by atoms with van der Waals surface area (Å²) in [7, 11) is 0. The molecule has 2 amide bonds. The van der Waals surface area contributed by atoms with Gasteiger partial charge >= 0.3 is 0 Å². The van der Waals surface area contributed by atoms with Crippen molar-refractivity contribution in [2.75, 3.05) is 11.9 Å². The molecule has 1 aromatic carbocycles. The number of hydrogen-bond donors (Lipinski definition) is 1. The average Bonchev–Trinajstić information content (AvgIpc) is 3.19. The molecular weight excluding hydrogens is 417 g/mol. The Morgan fingerprint density at radius 3 is 2.93 bits per heavy atom. The van der Waals surface area contributed by atoms with E-state index in [1.165, 1.54) is 11.3 Å². The fourth-order valence-corrected chi connectivity index (χ4v) is 4.84. The summed E-state index contributed by atoms with van der Waals surface area (Å²) >= 11 is 13.5. The normalized spacial score (nSPS) is 24.1. The highest BCUT2D eigenvalue weighted by molar-refractivity contribution is 7.13. The fourth-order valence-electron chi connectivity index (χ4n) is 3.99. The summed E-state index contributed by atoms with van der Waals surface area (Å²) in [5.41, 5.74) is 0.927. The van der Waals surface area contributed by atoms with Crippen molar-refractivity contribution in [3.63, 3.8) is 0 Å². The highest BCUT2D eigenvalue weighted by Crippen LogP contribution is 2.38. The number of likely N-dealkylation sites (tertiary alicyclic amines) is 1. The van der Waals surface area contributed by atoms with Crippen molar-refractivity contribution in [2.24, 2.45) is 17.8 Å². The van der Waals surface area contributed by atoms with E-state index in [1.54, 1.807) is 18.3 Å². The predicted octanol–water partition coefficient (Wildman–Crippen LogP) is 4.63. The molecular formula is C20H19Cl2N3O2S. The van der Waals surface area contributed by atoms with Gasteiger partial charge in [-0.1, -0.05) is 41.4 Å². The van der Waals surface area contributed by atoms with E-state index in [9.17, 15) is 9.59 Å². The maximum Gasteiger partial charge on any atom is 0.230 e. The molecule has 0 radical (unpaired) electrons. The lowest BCUT2D eigenvalue weighted by Crippen LogP contribution is -2.50. The maximum atomic E-state index is 13.3. The number of fused-ring (bicyclic) bond motifs is 1. The van der Waals surface area contributed by atoms with Gasteiger partial charge in [-0.25, -0.2) is 4.98 Å². The number of piperidine rings is 1. The van der Waals surface area contributed by atoms with E-state index in [1.807, 2.05) is 22.4 Å². The number of amides is 2. The Labute approximate surface area is 177 Å². The van der Waals surface area contributed by atoms with Crippen molar-refractivity contribution in [1.82, 2.24) is 9.88 Å². The van der Waals surface area contributed by atoms with Gasteiger partial charge in [-0.05, 0) is 36.5 Å². The highest BCUT2D eigenvalue weighted by Gasteiger charge is 2.44. The van der Waals surface area contributed by atoms with Gasteiger partial charge in [0.2, 0.25) is 11.8 Å². The minimum Gasteiger partial charge on any atom is -0.338 e. The lowest BCUT2D eigenvalue weighted by molar-refractivity contribution is -0.147. The van der Waals surface area contributed by atoms with Gasteiger partial charge in [-0.2, -0.15) is 0 Å². The number of carbonyl (C=O) groups is 2. The molecule has 1 aromatic heterocycles. The van der Waals surface area contributed by atoms with Gasteiger partial charge in [0.15, 0.2) is 5.13 Å². The van der Waals surface area contributed by atoms with Crippen LogP contribution in [0.15, 0.2) is 41.9 Å². The Morgan fingerprint density at radius 1 is 1.32 bits per heavy atom. The van der Waals surface area contributed by atoms with Crippen LogP contribution in [-0.4, -0.2) is 28.2 Å². The summed E-state index contributed by atoms with van der Waals surface area (Å²) in [6.07, 6.45) is 7.16. The number of nitrogens with zero attached hydrogens (tertiary/aromatic N) is 2. The first kappa shape index (κ1) is 19.4. The Kier molecular flexibility index (Phi) is 5.71. The minimum absolute atomic E-state index is 0.0194. The third-order valence-electron chi connectivity index (χ3n) is 5.35. The van der Waals surface area contributed by atoms with Crippen molar-refractivity contribution in [1.29, 1.82) is 0 Å². The first-order chi connectivity index (χ1) is 13.5. The topological polar surface area (TPSA) is 62.3 Å². The number of allylic oxidation sites excluding steroid dienone is 2. The second-order valence-electron chi connectivity index (χ2n) is 7.08. The molecule has 2 aromatic rings. The van der Waals surface area contributed by atoms with Crippen LogP contribution in [0.1, 0.15) is 18.4 Å². The molecule has 1 saturated heterocycles. The summed E-state index contributed by atoms with van der Waals surface area (Å²) in [6, 6.07) is 5.40. The Hall–Kier alpha value is -1.89.